The van der Waals surface area contributed by atoms with Crippen molar-refractivity contribution in [3.8, 4) is 5.75 Å². The molecule has 3 rings (SSSR count). The first-order chi connectivity index (χ1) is 10.7. The van der Waals surface area contributed by atoms with Gasteiger partial charge in [-0.05, 0) is 24.3 Å². The maximum Gasteiger partial charge on any atom is 0.341 e. The van der Waals surface area contributed by atoms with E-state index >= 15 is 0 Å². The Morgan fingerprint density at radius 2 is 2.09 bits per heavy atom. The van der Waals surface area contributed by atoms with E-state index in [2.05, 4.69) is 4.98 Å². The van der Waals surface area contributed by atoms with Gasteiger partial charge in [-0.15, -0.1) is 0 Å². The molecular formula is C16H13ClN2O3. The number of aromatic nitrogens is 2. The van der Waals surface area contributed by atoms with Crippen LogP contribution in [0.3, 0.4) is 0 Å². The lowest BCUT2D eigenvalue weighted by atomic mass is 10.3. The molecule has 3 aromatic rings. The SMILES string of the molecule is COC(=O)c1cccn2cc(COc3ccccc3Cl)nc12. The highest BCUT2D eigenvalue weighted by molar-refractivity contribution is 6.32. The smallest absolute Gasteiger partial charge is 0.341 e. The number of rotatable bonds is 4. The number of carbonyl (C=O) groups excluding carboxylic acids is 1. The largest absolute Gasteiger partial charge is 0.486 e. The quantitative estimate of drug-likeness (QED) is 0.693. The third-order valence-corrected chi connectivity index (χ3v) is 3.46. The van der Waals surface area contributed by atoms with Gasteiger partial charge in [0.2, 0.25) is 0 Å². The van der Waals surface area contributed by atoms with Crippen LogP contribution < -0.4 is 4.74 Å². The number of hydrogen-bond acceptors (Lipinski definition) is 4. The second-order valence-corrected chi connectivity index (χ2v) is 5.00. The lowest BCUT2D eigenvalue weighted by molar-refractivity contribution is 0.0602. The highest BCUT2D eigenvalue weighted by Crippen LogP contribution is 2.24. The number of fused-ring (bicyclic) bond motifs is 1. The molecule has 0 fully saturated rings. The molecule has 2 aromatic heterocycles. The van der Waals surface area contributed by atoms with Gasteiger partial charge in [0.05, 0.1) is 17.8 Å². The Bertz CT molecular complexity index is 829. The van der Waals surface area contributed by atoms with Crippen molar-refractivity contribution in [3.63, 3.8) is 0 Å². The zero-order valence-electron chi connectivity index (χ0n) is 11.8. The van der Waals surface area contributed by atoms with E-state index in [1.807, 2.05) is 18.3 Å². The number of methoxy groups -OCH3 is 1. The normalized spacial score (nSPS) is 10.6. The molecule has 6 heteroatoms. The van der Waals surface area contributed by atoms with Gasteiger partial charge in [-0.3, -0.25) is 0 Å². The molecule has 0 unspecified atom stereocenters. The molecule has 5 nitrogen and oxygen atoms in total. The first kappa shape index (κ1) is 14.4. The van der Waals surface area contributed by atoms with Crippen molar-refractivity contribution in [2.45, 2.75) is 6.61 Å². The molecule has 2 heterocycles. The van der Waals surface area contributed by atoms with Crippen molar-refractivity contribution in [3.05, 3.63) is 65.1 Å². The molecule has 0 aliphatic heterocycles. The maximum absolute atomic E-state index is 11.7. The predicted octanol–water partition coefficient (Wildman–Crippen LogP) is 3.35. The molecule has 0 atom stereocenters. The summed E-state index contributed by atoms with van der Waals surface area (Å²) in [4.78, 5) is 16.2. The van der Waals surface area contributed by atoms with Crippen LogP contribution in [0.25, 0.3) is 5.65 Å². The average molecular weight is 317 g/mol. The summed E-state index contributed by atoms with van der Waals surface area (Å²) < 4.78 is 12.2. The fraction of sp³-hybridized carbons (Fsp3) is 0.125. The van der Waals surface area contributed by atoms with Gasteiger partial charge in [0, 0.05) is 12.4 Å². The van der Waals surface area contributed by atoms with Crippen molar-refractivity contribution in [1.82, 2.24) is 9.38 Å². The Morgan fingerprint density at radius 3 is 2.86 bits per heavy atom. The van der Waals surface area contributed by atoms with Gasteiger partial charge in [0.15, 0.2) is 5.65 Å². The Balaban J connectivity index is 1.86. The van der Waals surface area contributed by atoms with Crippen LogP contribution in [-0.2, 0) is 11.3 Å². The van der Waals surface area contributed by atoms with Crippen LogP contribution in [0.1, 0.15) is 16.1 Å². The molecule has 22 heavy (non-hydrogen) atoms. The van der Waals surface area contributed by atoms with Gasteiger partial charge < -0.3 is 13.9 Å². The first-order valence-electron chi connectivity index (χ1n) is 6.61. The number of carbonyl (C=O) groups is 1. The minimum Gasteiger partial charge on any atom is -0.486 e. The molecule has 0 spiro atoms. The molecule has 0 aliphatic carbocycles. The van der Waals surface area contributed by atoms with Crippen LogP contribution >= 0.6 is 11.6 Å². The van der Waals surface area contributed by atoms with Crippen molar-refractivity contribution >= 4 is 23.2 Å². The standard InChI is InChI=1S/C16H13ClN2O3/c1-21-16(20)12-5-4-8-19-9-11(18-15(12)19)10-22-14-7-3-2-6-13(14)17/h2-9H,10H2,1H3. The van der Waals surface area contributed by atoms with Gasteiger partial charge >= 0.3 is 5.97 Å². The molecule has 0 radical (unpaired) electrons. The highest BCUT2D eigenvalue weighted by atomic mass is 35.5. The van der Waals surface area contributed by atoms with Crippen LogP contribution in [0.2, 0.25) is 5.02 Å². The summed E-state index contributed by atoms with van der Waals surface area (Å²) in [6, 6.07) is 10.7. The van der Waals surface area contributed by atoms with E-state index in [0.29, 0.717) is 27.7 Å². The fourth-order valence-electron chi connectivity index (χ4n) is 2.12. The van der Waals surface area contributed by atoms with E-state index in [9.17, 15) is 4.79 Å². The molecular weight excluding hydrogens is 304 g/mol. The van der Waals surface area contributed by atoms with E-state index in [0.717, 1.165) is 0 Å². The van der Waals surface area contributed by atoms with Crippen molar-refractivity contribution in [2.75, 3.05) is 7.11 Å². The topological polar surface area (TPSA) is 52.8 Å². The number of esters is 1. The van der Waals surface area contributed by atoms with Crippen LogP contribution in [-0.4, -0.2) is 22.5 Å². The lowest BCUT2D eigenvalue weighted by Crippen LogP contribution is -2.03. The predicted molar refractivity (Wildman–Crippen MR) is 82.3 cm³/mol. The summed E-state index contributed by atoms with van der Waals surface area (Å²) in [7, 11) is 1.34. The van der Waals surface area contributed by atoms with Crippen molar-refractivity contribution in [2.24, 2.45) is 0 Å². The van der Waals surface area contributed by atoms with Crippen LogP contribution in [0.5, 0.6) is 5.75 Å². The number of ether oxygens (including phenoxy) is 2. The fourth-order valence-corrected chi connectivity index (χ4v) is 2.31. The first-order valence-corrected chi connectivity index (χ1v) is 6.99. The third-order valence-electron chi connectivity index (χ3n) is 3.15. The Hall–Kier alpha value is -2.53. The number of pyridine rings is 1. The number of imidazole rings is 1. The zero-order valence-corrected chi connectivity index (χ0v) is 12.6. The van der Waals surface area contributed by atoms with E-state index < -0.39 is 5.97 Å². The molecule has 0 saturated heterocycles. The van der Waals surface area contributed by atoms with Gasteiger partial charge in [0.25, 0.3) is 0 Å². The molecule has 1 aromatic carbocycles. The monoisotopic (exact) mass is 316 g/mol. The minimum absolute atomic E-state index is 0.256. The van der Waals surface area contributed by atoms with Crippen LogP contribution in [0, 0.1) is 0 Å². The molecule has 0 saturated carbocycles. The van der Waals surface area contributed by atoms with Gasteiger partial charge in [-0.2, -0.15) is 0 Å². The van der Waals surface area contributed by atoms with E-state index in [1.165, 1.54) is 7.11 Å². The van der Waals surface area contributed by atoms with Gasteiger partial charge in [-0.1, -0.05) is 23.7 Å². The lowest BCUT2D eigenvalue weighted by Gasteiger charge is -2.05. The summed E-state index contributed by atoms with van der Waals surface area (Å²) in [5.41, 5.74) is 1.64. The summed E-state index contributed by atoms with van der Waals surface area (Å²) in [5.74, 6) is 0.171. The van der Waals surface area contributed by atoms with Gasteiger partial charge in [-0.25, -0.2) is 9.78 Å². The van der Waals surface area contributed by atoms with Gasteiger partial charge in [0.1, 0.15) is 17.9 Å². The summed E-state index contributed by atoms with van der Waals surface area (Å²) in [6.07, 6.45) is 3.62. The van der Waals surface area contributed by atoms with E-state index in [1.54, 1.807) is 34.9 Å². The van der Waals surface area contributed by atoms with E-state index in [-0.39, 0.29) is 6.61 Å². The number of para-hydroxylation sites is 1. The second kappa shape index (κ2) is 6.07. The summed E-state index contributed by atoms with van der Waals surface area (Å²) >= 11 is 6.04. The number of nitrogens with zero attached hydrogens (tertiary/aromatic N) is 2. The molecule has 0 amide bonds. The molecule has 112 valence electrons. The third kappa shape index (κ3) is 2.76. The number of halogens is 1. The number of hydrogen-bond donors (Lipinski definition) is 0. The average Bonchev–Trinajstić information content (AvgIpc) is 2.96. The van der Waals surface area contributed by atoms with Crippen LogP contribution in [0.4, 0.5) is 0 Å². The minimum atomic E-state index is -0.422. The number of benzene rings is 1. The second-order valence-electron chi connectivity index (χ2n) is 4.60. The van der Waals surface area contributed by atoms with Crippen LogP contribution in [0.15, 0.2) is 48.8 Å². The Morgan fingerprint density at radius 1 is 1.27 bits per heavy atom. The Labute approximate surface area is 132 Å². The molecule has 0 bridgehead atoms. The van der Waals surface area contributed by atoms with Crippen molar-refractivity contribution < 1.29 is 14.3 Å². The molecule has 0 N–H and O–H groups in total. The summed E-state index contributed by atoms with van der Waals surface area (Å²) in [5, 5.41) is 0.543. The maximum atomic E-state index is 11.7. The van der Waals surface area contributed by atoms with E-state index in [4.69, 9.17) is 21.1 Å². The summed E-state index contributed by atoms with van der Waals surface area (Å²) in [6.45, 7) is 0.256. The Kier molecular flexibility index (Phi) is 3.98. The highest BCUT2D eigenvalue weighted by Gasteiger charge is 2.13. The molecule has 0 aliphatic rings. The van der Waals surface area contributed by atoms with Crippen molar-refractivity contribution in [1.29, 1.82) is 0 Å². The zero-order chi connectivity index (χ0) is 15.5.